The van der Waals surface area contributed by atoms with Crippen molar-refractivity contribution in [2.24, 2.45) is 0 Å². The SMILES string of the molecule is O=C(O)[C@H]1CN(C(=O)Cc2nn[nH]n2)CCN1S(=O)(=O)c1ccc(C(F)(F)F)cc1. The summed E-state index contributed by atoms with van der Waals surface area (Å²) in [6.45, 7) is -0.898. The minimum absolute atomic E-state index is 0.0895. The maximum Gasteiger partial charge on any atom is 0.416 e. The molecule has 0 radical (unpaired) electrons. The molecule has 2 heterocycles. The molecule has 30 heavy (non-hydrogen) atoms. The summed E-state index contributed by atoms with van der Waals surface area (Å²) >= 11 is 0. The molecule has 1 saturated heterocycles. The maximum absolute atomic E-state index is 12.8. The van der Waals surface area contributed by atoms with Gasteiger partial charge in [-0.05, 0) is 24.3 Å². The predicted octanol–water partition coefficient (Wildman–Crippen LogP) is -0.253. The zero-order valence-electron chi connectivity index (χ0n) is 15.1. The van der Waals surface area contributed by atoms with Crippen LogP contribution in [0.1, 0.15) is 11.4 Å². The number of amides is 1. The molecule has 1 aromatic heterocycles. The van der Waals surface area contributed by atoms with Gasteiger partial charge in [0.05, 0.1) is 16.9 Å². The highest BCUT2D eigenvalue weighted by Gasteiger charge is 2.41. The van der Waals surface area contributed by atoms with Crippen LogP contribution in [-0.2, 0) is 32.2 Å². The van der Waals surface area contributed by atoms with Crippen molar-refractivity contribution in [3.05, 3.63) is 35.7 Å². The number of aromatic nitrogens is 4. The van der Waals surface area contributed by atoms with E-state index in [1.807, 2.05) is 0 Å². The number of hydrogen-bond donors (Lipinski definition) is 2. The molecule has 0 spiro atoms. The molecular formula is C15H15F3N6O5S. The minimum atomic E-state index is -4.64. The summed E-state index contributed by atoms with van der Waals surface area (Å²) in [5.41, 5.74) is -1.03. The third kappa shape index (κ3) is 4.40. The second-order valence-electron chi connectivity index (χ2n) is 6.34. The summed E-state index contributed by atoms with van der Waals surface area (Å²) in [5.74, 6) is -1.93. The zero-order chi connectivity index (χ0) is 22.1. The van der Waals surface area contributed by atoms with E-state index in [1.54, 1.807) is 0 Å². The van der Waals surface area contributed by atoms with Crippen molar-refractivity contribution in [2.75, 3.05) is 19.6 Å². The van der Waals surface area contributed by atoms with Crippen LogP contribution < -0.4 is 0 Å². The highest BCUT2D eigenvalue weighted by Crippen LogP contribution is 2.30. The van der Waals surface area contributed by atoms with Crippen molar-refractivity contribution in [1.82, 2.24) is 29.8 Å². The molecule has 11 nitrogen and oxygen atoms in total. The Kier molecular flexibility index (Phi) is 5.76. The summed E-state index contributed by atoms with van der Waals surface area (Å²) in [4.78, 5) is 24.7. The molecule has 1 atom stereocenters. The first-order chi connectivity index (χ1) is 14.0. The number of nitrogens with zero attached hydrogens (tertiary/aromatic N) is 5. The molecule has 15 heteroatoms. The standard InChI is InChI=1S/C15H15F3N6O5S/c16-15(17,18)9-1-3-10(4-2-9)30(28,29)24-6-5-23(8-11(24)14(26)27)13(25)7-12-19-21-22-20-12/h1-4,11H,5-8H2,(H,26,27)(H,19,20,21,22)/t11-/m1/s1. The van der Waals surface area contributed by atoms with Crippen molar-refractivity contribution in [3.8, 4) is 0 Å². The van der Waals surface area contributed by atoms with Gasteiger partial charge in [-0.15, -0.1) is 10.2 Å². The number of nitrogens with one attached hydrogen (secondary N) is 1. The summed E-state index contributed by atoms with van der Waals surface area (Å²) in [6, 6.07) is 1.14. The van der Waals surface area contributed by atoms with Crippen molar-refractivity contribution in [2.45, 2.75) is 23.5 Å². The third-order valence-electron chi connectivity index (χ3n) is 4.46. The Labute approximate surface area is 167 Å². The van der Waals surface area contributed by atoms with E-state index in [-0.39, 0.29) is 25.3 Å². The summed E-state index contributed by atoms with van der Waals surface area (Å²) in [6.07, 6.45) is -4.90. The Morgan fingerprint density at radius 1 is 1.20 bits per heavy atom. The lowest BCUT2D eigenvalue weighted by Crippen LogP contribution is -2.59. The first-order valence-electron chi connectivity index (χ1n) is 8.42. The van der Waals surface area contributed by atoms with Crippen LogP contribution in [0.15, 0.2) is 29.2 Å². The maximum atomic E-state index is 12.8. The van der Waals surface area contributed by atoms with Gasteiger partial charge in [0.25, 0.3) is 0 Å². The van der Waals surface area contributed by atoms with Gasteiger partial charge >= 0.3 is 12.1 Å². The lowest BCUT2D eigenvalue weighted by Gasteiger charge is -2.38. The second kappa shape index (κ2) is 7.98. The van der Waals surface area contributed by atoms with Crippen molar-refractivity contribution >= 4 is 21.9 Å². The number of rotatable bonds is 5. The number of carboxylic acid groups (broad SMARTS) is 1. The molecule has 1 fully saturated rings. The van der Waals surface area contributed by atoms with Gasteiger partial charge in [0, 0.05) is 19.6 Å². The van der Waals surface area contributed by atoms with Gasteiger partial charge < -0.3 is 10.0 Å². The van der Waals surface area contributed by atoms with Gasteiger partial charge in [-0.25, -0.2) is 8.42 Å². The molecule has 0 bridgehead atoms. The number of halogens is 3. The molecule has 3 rings (SSSR count). The Hall–Kier alpha value is -3.07. The monoisotopic (exact) mass is 448 g/mol. The average Bonchev–Trinajstić information content (AvgIpc) is 3.20. The highest BCUT2D eigenvalue weighted by atomic mass is 32.2. The van der Waals surface area contributed by atoms with Gasteiger partial charge in [-0.3, -0.25) is 9.59 Å². The number of sulfonamides is 1. The number of H-pyrrole nitrogens is 1. The molecule has 1 aliphatic heterocycles. The Morgan fingerprint density at radius 2 is 1.87 bits per heavy atom. The van der Waals surface area contributed by atoms with Crippen LogP contribution in [0.25, 0.3) is 0 Å². The molecule has 0 aliphatic carbocycles. The lowest BCUT2D eigenvalue weighted by atomic mass is 10.2. The van der Waals surface area contributed by atoms with Crippen LogP contribution in [0, 0.1) is 0 Å². The summed E-state index contributed by atoms with van der Waals surface area (Å²) in [5, 5.41) is 22.2. The topological polar surface area (TPSA) is 149 Å². The van der Waals surface area contributed by atoms with Crippen molar-refractivity contribution < 1.29 is 36.3 Å². The van der Waals surface area contributed by atoms with Gasteiger partial charge in [0.1, 0.15) is 6.04 Å². The number of alkyl halides is 3. The molecule has 0 saturated carbocycles. The largest absolute Gasteiger partial charge is 0.480 e. The van der Waals surface area contributed by atoms with E-state index in [2.05, 4.69) is 20.6 Å². The molecule has 162 valence electrons. The van der Waals surface area contributed by atoms with Gasteiger partial charge in [0.15, 0.2) is 5.82 Å². The van der Waals surface area contributed by atoms with Crippen molar-refractivity contribution in [3.63, 3.8) is 0 Å². The van der Waals surface area contributed by atoms with Crippen LogP contribution in [-0.4, -0.2) is 80.9 Å². The van der Waals surface area contributed by atoms with Crippen LogP contribution >= 0.6 is 0 Å². The fraction of sp³-hybridized carbons (Fsp3) is 0.400. The molecule has 1 amide bonds. The number of carbonyl (C=O) groups is 2. The number of carboxylic acids is 1. The van der Waals surface area contributed by atoms with Gasteiger partial charge in [-0.1, -0.05) is 5.21 Å². The number of aromatic amines is 1. The van der Waals surface area contributed by atoms with E-state index in [1.165, 1.54) is 0 Å². The quantitative estimate of drug-likeness (QED) is 0.636. The van der Waals surface area contributed by atoms with Crippen LogP contribution in [0.4, 0.5) is 13.2 Å². The smallest absolute Gasteiger partial charge is 0.416 e. The van der Waals surface area contributed by atoms with Gasteiger partial charge in [0.2, 0.25) is 15.9 Å². The van der Waals surface area contributed by atoms with E-state index in [0.29, 0.717) is 16.4 Å². The van der Waals surface area contributed by atoms with E-state index in [0.717, 1.165) is 17.0 Å². The first kappa shape index (κ1) is 21.6. The Bertz CT molecular complexity index is 1030. The van der Waals surface area contributed by atoms with Crippen LogP contribution in [0.2, 0.25) is 0 Å². The van der Waals surface area contributed by atoms with Crippen molar-refractivity contribution in [1.29, 1.82) is 0 Å². The van der Waals surface area contributed by atoms with E-state index in [4.69, 9.17) is 0 Å². The number of carbonyl (C=O) groups excluding carboxylic acids is 1. The van der Waals surface area contributed by atoms with Crippen LogP contribution in [0.3, 0.4) is 0 Å². The number of tetrazole rings is 1. The molecule has 2 aromatic rings. The average molecular weight is 448 g/mol. The van der Waals surface area contributed by atoms with E-state index in [9.17, 15) is 36.3 Å². The molecule has 1 aromatic carbocycles. The highest BCUT2D eigenvalue weighted by molar-refractivity contribution is 7.89. The fourth-order valence-electron chi connectivity index (χ4n) is 2.94. The second-order valence-corrected chi connectivity index (χ2v) is 8.23. The normalized spacial score (nSPS) is 18.4. The van der Waals surface area contributed by atoms with Crippen LogP contribution in [0.5, 0.6) is 0 Å². The number of piperazine rings is 1. The van der Waals surface area contributed by atoms with Gasteiger partial charge in [-0.2, -0.15) is 22.7 Å². The number of benzene rings is 1. The van der Waals surface area contributed by atoms with E-state index >= 15 is 0 Å². The molecular weight excluding hydrogens is 433 g/mol. The molecule has 1 aliphatic rings. The lowest BCUT2D eigenvalue weighted by molar-refractivity contribution is -0.145. The summed E-state index contributed by atoms with van der Waals surface area (Å²) in [7, 11) is -4.41. The number of aliphatic carboxylic acids is 1. The minimum Gasteiger partial charge on any atom is -0.480 e. The predicted molar refractivity (Wildman–Crippen MR) is 91.2 cm³/mol. The fourth-order valence-corrected chi connectivity index (χ4v) is 4.50. The molecule has 2 N–H and O–H groups in total. The first-order valence-corrected chi connectivity index (χ1v) is 9.86. The number of hydrogen-bond acceptors (Lipinski definition) is 7. The Balaban J connectivity index is 1.79. The summed E-state index contributed by atoms with van der Waals surface area (Å²) < 4.78 is 64.5. The molecule has 0 unspecified atom stereocenters. The van der Waals surface area contributed by atoms with E-state index < -0.39 is 51.1 Å². The zero-order valence-corrected chi connectivity index (χ0v) is 15.9. The Morgan fingerprint density at radius 3 is 2.40 bits per heavy atom. The third-order valence-corrected chi connectivity index (χ3v) is 6.38.